The zero-order valence-corrected chi connectivity index (χ0v) is 12.9. The zero-order chi connectivity index (χ0) is 16.3. The number of non-ortho nitro benzene ring substituents is 1. The van der Waals surface area contributed by atoms with Crippen LogP contribution in [0.3, 0.4) is 0 Å². The van der Waals surface area contributed by atoms with E-state index in [9.17, 15) is 14.9 Å². The van der Waals surface area contributed by atoms with E-state index in [0.29, 0.717) is 28.4 Å². The van der Waals surface area contributed by atoms with Gasteiger partial charge in [-0.3, -0.25) is 10.1 Å². The molecule has 2 rings (SSSR count). The van der Waals surface area contributed by atoms with Crippen molar-refractivity contribution in [3.63, 3.8) is 0 Å². The van der Waals surface area contributed by atoms with E-state index >= 15 is 0 Å². The number of esters is 1. The van der Waals surface area contributed by atoms with Crippen LogP contribution in [-0.2, 0) is 9.53 Å². The number of nitrogens with zero attached hydrogens (tertiary/aromatic N) is 1. The highest BCUT2D eigenvalue weighted by atomic mass is 32.1. The number of rotatable bonds is 4. The molecule has 0 radical (unpaired) electrons. The average Bonchev–Trinajstić information content (AvgIpc) is 2.53. The molecule has 7 nitrogen and oxygen atoms in total. The van der Waals surface area contributed by atoms with Crippen LogP contribution in [0.4, 0.5) is 5.69 Å². The molecule has 0 saturated heterocycles. The Bertz CT molecular complexity index is 655. The summed E-state index contributed by atoms with van der Waals surface area (Å²) in [6.45, 7) is 1.89. The number of carbonyl (C=O) groups is 1. The van der Waals surface area contributed by atoms with Crippen LogP contribution in [0.15, 0.2) is 35.5 Å². The smallest absolute Gasteiger partial charge is 0.337 e. The lowest BCUT2D eigenvalue weighted by molar-refractivity contribution is -0.384. The molecule has 1 aromatic rings. The van der Waals surface area contributed by atoms with Gasteiger partial charge in [0.1, 0.15) is 0 Å². The van der Waals surface area contributed by atoms with Gasteiger partial charge in [-0.25, -0.2) is 4.79 Å². The highest BCUT2D eigenvalue weighted by Gasteiger charge is 2.31. The number of thiocarbonyl (C=S) groups is 1. The first-order chi connectivity index (χ1) is 10.5. The van der Waals surface area contributed by atoms with Crippen molar-refractivity contribution >= 4 is 29.0 Å². The van der Waals surface area contributed by atoms with Crippen molar-refractivity contribution in [1.82, 2.24) is 10.6 Å². The first-order valence-corrected chi connectivity index (χ1v) is 7.02. The Morgan fingerprint density at radius 3 is 2.55 bits per heavy atom. The van der Waals surface area contributed by atoms with Crippen molar-refractivity contribution in [2.75, 3.05) is 7.11 Å². The van der Waals surface area contributed by atoms with Gasteiger partial charge in [-0.15, -0.1) is 0 Å². The van der Waals surface area contributed by atoms with Gasteiger partial charge in [-0.05, 0) is 36.3 Å². The molecule has 0 aromatic heterocycles. The minimum Gasteiger partial charge on any atom is -0.466 e. The third-order valence-corrected chi connectivity index (χ3v) is 3.57. The molecular formula is C14H15N3O4S. The number of carbonyl (C=O) groups excluding carboxylic acids is 1. The Morgan fingerprint density at radius 2 is 2.05 bits per heavy atom. The number of nitrogens with one attached hydrogen (secondary N) is 2. The normalized spacial score (nSPS) is 17.5. The molecule has 0 amide bonds. The predicted molar refractivity (Wildman–Crippen MR) is 84.0 cm³/mol. The molecule has 0 fully saturated rings. The first kappa shape index (κ1) is 15.9. The van der Waals surface area contributed by atoms with Crippen LogP contribution in [0.2, 0.25) is 0 Å². The summed E-state index contributed by atoms with van der Waals surface area (Å²) in [5.41, 5.74) is 1.78. The van der Waals surface area contributed by atoms with E-state index in [4.69, 9.17) is 17.0 Å². The summed E-state index contributed by atoms with van der Waals surface area (Å²) < 4.78 is 4.84. The maximum absolute atomic E-state index is 12.1. The number of hydrogen-bond acceptors (Lipinski definition) is 5. The number of methoxy groups -OCH3 is 1. The van der Waals surface area contributed by atoms with E-state index in [1.165, 1.54) is 19.2 Å². The van der Waals surface area contributed by atoms with Crippen LogP contribution >= 0.6 is 12.2 Å². The first-order valence-electron chi connectivity index (χ1n) is 6.61. The molecule has 1 aliphatic rings. The molecule has 22 heavy (non-hydrogen) atoms. The van der Waals surface area contributed by atoms with Gasteiger partial charge < -0.3 is 15.4 Å². The van der Waals surface area contributed by atoms with Gasteiger partial charge >= 0.3 is 5.97 Å². The Morgan fingerprint density at radius 1 is 1.41 bits per heavy atom. The lowest BCUT2D eigenvalue weighted by Crippen LogP contribution is -2.45. The second-order valence-electron chi connectivity index (χ2n) is 4.62. The van der Waals surface area contributed by atoms with Crippen LogP contribution in [0.25, 0.3) is 0 Å². The maximum atomic E-state index is 12.1. The zero-order valence-electron chi connectivity index (χ0n) is 12.1. The summed E-state index contributed by atoms with van der Waals surface area (Å²) >= 11 is 5.15. The molecule has 1 unspecified atom stereocenters. The minimum absolute atomic E-state index is 0.0143. The van der Waals surface area contributed by atoms with Crippen molar-refractivity contribution < 1.29 is 14.5 Å². The Balaban J connectivity index is 2.47. The van der Waals surface area contributed by atoms with Crippen LogP contribution < -0.4 is 10.6 Å². The van der Waals surface area contributed by atoms with Crippen molar-refractivity contribution in [1.29, 1.82) is 0 Å². The highest BCUT2D eigenvalue weighted by molar-refractivity contribution is 7.80. The molecular weight excluding hydrogens is 306 g/mol. The average molecular weight is 321 g/mol. The van der Waals surface area contributed by atoms with Gasteiger partial charge in [0.2, 0.25) is 0 Å². The van der Waals surface area contributed by atoms with Crippen LogP contribution in [0.1, 0.15) is 24.9 Å². The lowest BCUT2D eigenvalue weighted by atomic mass is 9.94. The van der Waals surface area contributed by atoms with Gasteiger partial charge in [0.25, 0.3) is 5.69 Å². The fraction of sp³-hybridized carbons (Fsp3) is 0.286. The summed E-state index contributed by atoms with van der Waals surface area (Å²) in [7, 11) is 1.31. The van der Waals surface area contributed by atoms with E-state index in [0.717, 1.165) is 0 Å². The van der Waals surface area contributed by atoms with Crippen molar-refractivity contribution in [3.8, 4) is 0 Å². The van der Waals surface area contributed by atoms with Crippen molar-refractivity contribution in [3.05, 3.63) is 51.2 Å². The molecule has 1 aromatic carbocycles. The van der Waals surface area contributed by atoms with Crippen LogP contribution in [0.5, 0.6) is 0 Å². The number of nitro benzene ring substituents is 1. The predicted octanol–water partition coefficient (Wildman–Crippen LogP) is 1.95. The standard InChI is InChI=1S/C14H15N3O4S/c1-3-10-11(13(18)21-2)12(16-14(22)15-10)8-4-6-9(7-5-8)17(19)20/h4-7,12H,3H2,1-2H3,(H2,15,16,22). The van der Waals surface area contributed by atoms with Gasteiger partial charge in [-0.1, -0.05) is 6.92 Å². The van der Waals surface area contributed by atoms with Crippen molar-refractivity contribution in [2.24, 2.45) is 0 Å². The highest BCUT2D eigenvalue weighted by Crippen LogP contribution is 2.29. The molecule has 0 aliphatic carbocycles. The van der Waals surface area contributed by atoms with E-state index in [1.807, 2.05) is 6.92 Å². The monoisotopic (exact) mass is 321 g/mol. The molecule has 1 atom stereocenters. The Labute approximate surface area is 132 Å². The van der Waals surface area contributed by atoms with Crippen LogP contribution in [0, 0.1) is 10.1 Å². The SMILES string of the molecule is CCC1=C(C(=O)OC)C(c2ccc([N+](=O)[O-])cc2)NC(=S)N1. The summed E-state index contributed by atoms with van der Waals surface area (Å²) in [4.78, 5) is 22.4. The molecule has 0 saturated carbocycles. The molecule has 1 aliphatic heterocycles. The molecule has 1 heterocycles. The largest absolute Gasteiger partial charge is 0.466 e. The number of benzene rings is 1. The quantitative estimate of drug-likeness (QED) is 0.379. The number of nitro groups is 1. The third kappa shape index (κ3) is 3.06. The van der Waals surface area contributed by atoms with Gasteiger partial charge in [0, 0.05) is 17.8 Å². The Hall–Kier alpha value is -2.48. The number of hydrogen-bond donors (Lipinski definition) is 2. The van der Waals surface area contributed by atoms with Gasteiger partial charge in [0.05, 0.1) is 23.6 Å². The summed E-state index contributed by atoms with van der Waals surface area (Å²) in [6.07, 6.45) is 0.579. The number of ether oxygens (including phenoxy) is 1. The van der Waals surface area contributed by atoms with E-state index < -0.39 is 16.9 Å². The van der Waals surface area contributed by atoms with E-state index in [2.05, 4.69) is 10.6 Å². The Kier molecular flexibility index (Phi) is 4.71. The molecule has 0 spiro atoms. The van der Waals surface area contributed by atoms with E-state index in [-0.39, 0.29) is 5.69 Å². The molecule has 2 N–H and O–H groups in total. The summed E-state index contributed by atoms with van der Waals surface area (Å²) in [5, 5.41) is 17.1. The maximum Gasteiger partial charge on any atom is 0.337 e. The third-order valence-electron chi connectivity index (χ3n) is 3.35. The van der Waals surface area contributed by atoms with Gasteiger partial charge in [-0.2, -0.15) is 0 Å². The summed E-state index contributed by atoms with van der Waals surface area (Å²) in [6, 6.07) is 5.47. The van der Waals surface area contributed by atoms with E-state index in [1.54, 1.807) is 12.1 Å². The fourth-order valence-corrected chi connectivity index (χ4v) is 2.53. The molecule has 116 valence electrons. The second-order valence-corrected chi connectivity index (χ2v) is 5.03. The molecule has 8 heteroatoms. The van der Waals surface area contributed by atoms with Crippen LogP contribution in [-0.4, -0.2) is 23.1 Å². The number of allylic oxidation sites excluding steroid dienone is 1. The summed E-state index contributed by atoms with van der Waals surface area (Å²) in [5.74, 6) is -0.470. The topological polar surface area (TPSA) is 93.5 Å². The second kappa shape index (κ2) is 6.52. The van der Waals surface area contributed by atoms with Gasteiger partial charge in [0.15, 0.2) is 5.11 Å². The molecule has 0 bridgehead atoms. The van der Waals surface area contributed by atoms with Crippen molar-refractivity contribution in [2.45, 2.75) is 19.4 Å². The fourth-order valence-electron chi connectivity index (χ4n) is 2.29. The lowest BCUT2D eigenvalue weighted by Gasteiger charge is -2.30. The minimum atomic E-state index is -0.503.